The van der Waals surface area contributed by atoms with Gasteiger partial charge in [0, 0.05) is 61.5 Å². The van der Waals surface area contributed by atoms with Gasteiger partial charge in [-0.15, -0.1) is 21.5 Å². The molecule has 138 valence electrons. The van der Waals surface area contributed by atoms with Crippen molar-refractivity contribution in [1.29, 1.82) is 0 Å². The van der Waals surface area contributed by atoms with Gasteiger partial charge in [0.2, 0.25) is 5.91 Å². The van der Waals surface area contributed by atoms with Crippen molar-refractivity contribution in [2.24, 2.45) is 0 Å². The van der Waals surface area contributed by atoms with Crippen LogP contribution in [0.2, 0.25) is 0 Å². The van der Waals surface area contributed by atoms with Crippen molar-refractivity contribution in [2.45, 2.75) is 25.9 Å². The maximum Gasteiger partial charge on any atom is 0.224 e. The molecule has 1 N–H and O–H groups in total. The third kappa shape index (κ3) is 5.39. The highest BCUT2D eigenvalue weighted by Gasteiger charge is 2.19. The van der Waals surface area contributed by atoms with E-state index in [1.165, 1.54) is 4.88 Å². The minimum atomic E-state index is -0.113. The Bertz CT molecular complexity index is 762. The van der Waals surface area contributed by atoms with Crippen LogP contribution in [-0.2, 0) is 17.9 Å². The molecule has 1 saturated heterocycles. The van der Waals surface area contributed by atoms with E-state index in [-0.39, 0.29) is 12.5 Å². The summed E-state index contributed by atoms with van der Waals surface area (Å²) in [4.78, 5) is 18.1. The Morgan fingerprint density at radius 2 is 2.08 bits per heavy atom. The standard InChI is InChI=1S/C18H23N5O2S/c24-10-1-3-16-11-17(26-13-16)12-21-5-2-6-23(9-8-21)18(25)4-7-22-14-19-20-15-22/h11,13-15,24H,2,4-10,12H2. The summed E-state index contributed by atoms with van der Waals surface area (Å²) >= 11 is 1.69. The predicted molar refractivity (Wildman–Crippen MR) is 99.4 cm³/mol. The van der Waals surface area contributed by atoms with Crippen LogP contribution in [0.5, 0.6) is 0 Å². The predicted octanol–water partition coefficient (Wildman–Crippen LogP) is 0.808. The van der Waals surface area contributed by atoms with Crippen molar-refractivity contribution in [2.75, 3.05) is 32.8 Å². The summed E-state index contributed by atoms with van der Waals surface area (Å²) < 4.78 is 1.83. The van der Waals surface area contributed by atoms with E-state index in [2.05, 4.69) is 33.0 Å². The van der Waals surface area contributed by atoms with Gasteiger partial charge in [-0.1, -0.05) is 11.8 Å². The number of nitrogens with zero attached hydrogens (tertiary/aromatic N) is 5. The summed E-state index contributed by atoms with van der Waals surface area (Å²) in [5, 5.41) is 18.3. The summed E-state index contributed by atoms with van der Waals surface area (Å²) in [6, 6.07) is 2.08. The van der Waals surface area contributed by atoms with Gasteiger partial charge in [-0.2, -0.15) is 0 Å². The zero-order chi connectivity index (χ0) is 18.2. The largest absolute Gasteiger partial charge is 0.384 e. The Kier molecular flexibility index (Phi) is 6.77. The Morgan fingerprint density at radius 3 is 2.88 bits per heavy atom. The fourth-order valence-electron chi connectivity index (χ4n) is 2.99. The molecule has 0 radical (unpaired) electrons. The number of hydrogen-bond donors (Lipinski definition) is 1. The third-order valence-electron chi connectivity index (χ3n) is 4.34. The molecule has 8 heteroatoms. The van der Waals surface area contributed by atoms with Gasteiger partial charge < -0.3 is 14.6 Å². The molecule has 7 nitrogen and oxygen atoms in total. The molecule has 2 aromatic heterocycles. The van der Waals surface area contributed by atoms with Crippen molar-refractivity contribution >= 4 is 17.2 Å². The van der Waals surface area contributed by atoms with E-state index in [0.717, 1.165) is 44.7 Å². The van der Waals surface area contributed by atoms with Crippen LogP contribution in [0, 0.1) is 11.8 Å². The number of carbonyl (C=O) groups is 1. The van der Waals surface area contributed by atoms with Gasteiger partial charge in [-0.25, -0.2) is 0 Å². The molecule has 0 spiro atoms. The quantitative estimate of drug-likeness (QED) is 0.785. The highest BCUT2D eigenvalue weighted by molar-refractivity contribution is 7.10. The molecule has 0 saturated carbocycles. The van der Waals surface area contributed by atoms with E-state index in [1.54, 1.807) is 24.0 Å². The van der Waals surface area contributed by atoms with E-state index >= 15 is 0 Å². The van der Waals surface area contributed by atoms with Gasteiger partial charge in [-0.3, -0.25) is 9.69 Å². The molecule has 0 bridgehead atoms. The molecule has 0 atom stereocenters. The monoisotopic (exact) mass is 373 g/mol. The number of amides is 1. The maximum atomic E-state index is 12.4. The van der Waals surface area contributed by atoms with Crippen LogP contribution in [0.4, 0.5) is 0 Å². The average Bonchev–Trinajstić information content (AvgIpc) is 3.26. The number of aliphatic hydroxyl groups excluding tert-OH is 1. The molecule has 2 aromatic rings. The zero-order valence-corrected chi connectivity index (χ0v) is 15.5. The molecule has 0 aromatic carbocycles. The first-order valence-corrected chi connectivity index (χ1v) is 9.62. The van der Waals surface area contributed by atoms with Crippen molar-refractivity contribution in [3.05, 3.63) is 34.5 Å². The normalized spacial score (nSPS) is 15.3. The Balaban J connectivity index is 1.46. The van der Waals surface area contributed by atoms with Gasteiger partial charge in [-0.05, 0) is 12.5 Å². The van der Waals surface area contributed by atoms with Crippen molar-refractivity contribution < 1.29 is 9.90 Å². The molecular formula is C18H23N5O2S. The second-order valence-corrected chi connectivity index (χ2v) is 7.22. The third-order valence-corrected chi connectivity index (χ3v) is 5.26. The Labute approximate surface area is 157 Å². The number of carbonyl (C=O) groups excluding carboxylic acids is 1. The highest BCUT2D eigenvalue weighted by Crippen LogP contribution is 2.17. The molecule has 0 unspecified atom stereocenters. The first-order valence-electron chi connectivity index (χ1n) is 8.74. The lowest BCUT2D eigenvalue weighted by molar-refractivity contribution is -0.131. The zero-order valence-electron chi connectivity index (χ0n) is 14.7. The van der Waals surface area contributed by atoms with Crippen LogP contribution in [0.25, 0.3) is 0 Å². The van der Waals surface area contributed by atoms with Crippen LogP contribution in [0.3, 0.4) is 0 Å². The number of aryl methyl sites for hydroxylation is 1. The average molecular weight is 373 g/mol. The fourth-order valence-corrected chi connectivity index (χ4v) is 3.85. The highest BCUT2D eigenvalue weighted by atomic mass is 32.1. The molecule has 3 rings (SSSR count). The Hall–Kier alpha value is -2.21. The van der Waals surface area contributed by atoms with E-state index < -0.39 is 0 Å². The molecule has 1 aliphatic rings. The first-order chi connectivity index (χ1) is 12.7. The molecule has 3 heterocycles. The topological polar surface area (TPSA) is 74.5 Å². The van der Waals surface area contributed by atoms with E-state index in [0.29, 0.717) is 13.0 Å². The summed E-state index contributed by atoms with van der Waals surface area (Å²) in [6.45, 7) is 4.85. The minimum Gasteiger partial charge on any atom is -0.384 e. The molecular weight excluding hydrogens is 350 g/mol. The molecule has 0 aliphatic carbocycles. The van der Waals surface area contributed by atoms with Gasteiger partial charge in [0.25, 0.3) is 0 Å². The minimum absolute atomic E-state index is 0.113. The number of aliphatic hydroxyl groups is 1. The van der Waals surface area contributed by atoms with Gasteiger partial charge in [0.1, 0.15) is 19.3 Å². The number of rotatable bonds is 5. The van der Waals surface area contributed by atoms with Gasteiger partial charge in [0.05, 0.1) is 0 Å². The van der Waals surface area contributed by atoms with E-state index in [1.807, 2.05) is 14.8 Å². The Morgan fingerprint density at radius 1 is 1.23 bits per heavy atom. The number of thiophene rings is 1. The smallest absolute Gasteiger partial charge is 0.224 e. The second kappa shape index (κ2) is 9.48. The van der Waals surface area contributed by atoms with Gasteiger partial charge in [0.15, 0.2) is 0 Å². The fraction of sp³-hybridized carbons (Fsp3) is 0.500. The second-order valence-electron chi connectivity index (χ2n) is 6.22. The van der Waals surface area contributed by atoms with Crippen LogP contribution in [0.15, 0.2) is 24.1 Å². The molecule has 1 fully saturated rings. The molecule has 26 heavy (non-hydrogen) atoms. The van der Waals surface area contributed by atoms with Crippen molar-refractivity contribution in [1.82, 2.24) is 24.6 Å². The first kappa shape index (κ1) is 18.6. The molecule has 1 amide bonds. The lowest BCUT2D eigenvalue weighted by atomic mass is 10.3. The van der Waals surface area contributed by atoms with Crippen molar-refractivity contribution in [3.8, 4) is 11.8 Å². The maximum absolute atomic E-state index is 12.4. The van der Waals surface area contributed by atoms with E-state index in [4.69, 9.17) is 5.11 Å². The molecule has 1 aliphatic heterocycles. The van der Waals surface area contributed by atoms with Crippen LogP contribution in [0.1, 0.15) is 23.3 Å². The SMILES string of the molecule is O=C(CCn1cnnc1)N1CCCN(Cc2cc(C#CCO)cs2)CC1. The van der Waals surface area contributed by atoms with E-state index in [9.17, 15) is 4.79 Å². The number of aromatic nitrogens is 3. The van der Waals surface area contributed by atoms with Gasteiger partial charge >= 0.3 is 0 Å². The number of hydrogen-bond acceptors (Lipinski definition) is 6. The van der Waals surface area contributed by atoms with Crippen LogP contribution < -0.4 is 0 Å². The summed E-state index contributed by atoms with van der Waals surface area (Å²) in [5.74, 6) is 5.81. The lowest BCUT2D eigenvalue weighted by Gasteiger charge is -2.21. The lowest BCUT2D eigenvalue weighted by Crippen LogP contribution is -2.35. The summed E-state index contributed by atoms with van der Waals surface area (Å²) in [6.07, 6.45) is 4.74. The van der Waals surface area contributed by atoms with Crippen molar-refractivity contribution in [3.63, 3.8) is 0 Å². The van der Waals surface area contributed by atoms with Crippen LogP contribution >= 0.6 is 11.3 Å². The van der Waals surface area contributed by atoms with Crippen LogP contribution in [-0.4, -0.2) is 68.4 Å². The summed E-state index contributed by atoms with van der Waals surface area (Å²) in [5.41, 5.74) is 0.958. The summed E-state index contributed by atoms with van der Waals surface area (Å²) in [7, 11) is 0.